The largest absolute Gasteiger partial charge is 0.507 e. The van der Waals surface area contributed by atoms with Crippen molar-refractivity contribution in [3.63, 3.8) is 0 Å². The Hall–Kier alpha value is -2.49. The van der Waals surface area contributed by atoms with E-state index in [2.05, 4.69) is 17.2 Å². The molecular formula is C16H17N3O. The molecule has 2 aromatic carbocycles. The van der Waals surface area contributed by atoms with Crippen LogP contribution in [0.15, 0.2) is 48.8 Å². The third kappa shape index (κ3) is 2.09. The first-order chi connectivity index (χ1) is 9.66. The van der Waals surface area contributed by atoms with Gasteiger partial charge in [0.1, 0.15) is 11.6 Å². The molecule has 2 N–H and O–H groups in total. The Morgan fingerprint density at radius 3 is 2.65 bits per heavy atom. The van der Waals surface area contributed by atoms with E-state index in [4.69, 9.17) is 0 Å². The Bertz CT molecular complexity index is 748. The summed E-state index contributed by atoms with van der Waals surface area (Å²) in [4.78, 5) is 4.36. The van der Waals surface area contributed by atoms with Crippen molar-refractivity contribution in [1.82, 2.24) is 9.55 Å². The van der Waals surface area contributed by atoms with Crippen LogP contribution < -0.4 is 5.32 Å². The van der Waals surface area contributed by atoms with Gasteiger partial charge < -0.3 is 15.0 Å². The lowest BCUT2D eigenvalue weighted by molar-refractivity contribution is 0.481. The minimum absolute atomic E-state index is 0.0861. The fourth-order valence-electron chi connectivity index (χ4n) is 2.51. The molecule has 3 aromatic rings. The van der Waals surface area contributed by atoms with E-state index in [1.54, 1.807) is 12.3 Å². The predicted molar refractivity (Wildman–Crippen MR) is 80.9 cm³/mol. The molecule has 4 heteroatoms. The molecule has 0 radical (unpaired) electrons. The summed E-state index contributed by atoms with van der Waals surface area (Å²) in [5.41, 5.74) is 0.994. The second-order valence-corrected chi connectivity index (χ2v) is 4.94. The number of aromatic nitrogens is 2. The van der Waals surface area contributed by atoms with Gasteiger partial charge in [0.2, 0.25) is 0 Å². The molecular weight excluding hydrogens is 250 g/mol. The summed E-state index contributed by atoms with van der Waals surface area (Å²) < 4.78 is 2.00. The lowest BCUT2D eigenvalue weighted by atomic mass is 10.1. The van der Waals surface area contributed by atoms with Gasteiger partial charge >= 0.3 is 0 Å². The van der Waals surface area contributed by atoms with Crippen molar-refractivity contribution in [2.45, 2.75) is 13.0 Å². The zero-order valence-electron chi connectivity index (χ0n) is 11.5. The Labute approximate surface area is 117 Å². The Morgan fingerprint density at radius 2 is 1.90 bits per heavy atom. The highest BCUT2D eigenvalue weighted by atomic mass is 16.3. The van der Waals surface area contributed by atoms with Gasteiger partial charge in [-0.05, 0) is 19.1 Å². The first kappa shape index (κ1) is 12.5. The van der Waals surface area contributed by atoms with E-state index in [-0.39, 0.29) is 6.04 Å². The molecule has 1 atom stereocenters. The molecule has 0 aliphatic heterocycles. The Kier molecular flexibility index (Phi) is 3.06. The first-order valence-corrected chi connectivity index (χ1v) is 6.61. The number of imidazole rings is 1. The van der Waals surface area contributed by atoms with Crippen molar-refractivity contribution in [2.75, 3.05) is 5.32 Å². The van der Waals surface area contributed by atoms with E-state index in [1.807, 2.05) is 48.1 Å². The third-order valence-corrected chi connectivity index (χ3v) is 3.52. The van der Waals surface area contributed by atoms with Crippen LogP contribution in [-0.4, -0.2) is 14.7 Å². The molecule has 1 heterocycles. The molecule has 0 spiro atoms. The summed E-state index contributed by atoms with van der Waals surface area (Å²) in [6.45, 7) is 2.07. The van der Waals surface area contributed by atoms with Crippen molar-refractivity contribution in [2.24, 2.45) is 7.05 Å². The number of phenolic OH excluding ortho intramolecular Hbond substituents is 1. The van der Waals surface area contributed by atoms with Crippen molar-refractivity contribution in [1.29, 1.82) is 0 Å². The number of phenols is 1. The maximum absolute atomic E-state index is 9.91. The summed E-state index contributed by atoms with van der Waals surface area (Å²) in [6, 6.07) is 11.5. The van der Waals surface area contributed by atoms with E-state index in [0.717, 1.165) is 22.3 Å². The summed E-state index contributed by atoms with van der Waals surface area (Å²) >= 11 is 0. The van der Waals surface area contributed by atoms with Gasteiger partial charge in [0.15, 0.2) is 0 Å². The SMILES string of the molecule is CC(Nc1cccc2c(O)cccc12)c1nccn1C. The molecule has 0 saturated carbocycles. The molecule has 102 valence electrons. The lowest BCUT2D eigenvalue weighted by Crippen LogP contribution is -2.12. The molecule has 4 nitrogen and oxygen atoms in total. The maximum Gasteiger partial charge on any atom is 0.130 e. The zero-order valence-corrected chi connectivity index (χ0v) is 11.5. The van der Waals surface area contributed by atoms with Gasteiger partial charge in [0, 0.05) is 35.9 Å². The molecule has 1 aromatic heterocycles. The van der Waals surface area contributed by atoms with Crippen LogP contribution in [0.2, 0.25) is 0 Å². The van der Waals surface area contributed by atoms with Crippen LogP contribution in [0.4, 0.5) is 5.69 Å². The monoisotopic (exact) mass is 267 g/mol. The highest BCUT2D eigenvalue weighted by molar-refractivity contribution is 5.97. The van der Waals surface area contributed by atoms with Gasteiger partial charge in [-0.1, -0.05) is 24.3 Å². The number of aryl methyl sites for hydroxylation is 1. The van der Waals surface area contributed by atoms with E-state index >= 15 is 0 Å². The smallest absolute Gasteiger partial charge is 0.130 e. The Morgan fingerprint density at radius 1 is 1.15 bits per heavy atom. The highest BCUT2D eigenvalue weighted by Gasteiger charge is 2.12. The number of nitrogens with zero attached hydrogens (tertiary/aromatic N) is 2. The second kappa shape index (κ2) is 4.89. The minimum Gasteiger partial charge on any atom is -0.507 e. The van der Waals surface area contributed by atoms with E-state index in [0.29, 0.717) is 5.75 Å². The predicted octanol–water partition coefficient (Wildman–Crippen LogP) is 3.45. The van der Waals surface area contributed by atoms with Crippen LogP contribution >= 0.6 is 0 Å². The standard InChI is InChI=1S/C16H17N3O/c1-11(16-17-9-10-19(16)2)18-14-7-3-6-13-12(14)5-4-8-15(13)20/h3-11,18,20H,1-2H3. The van der Waals surface area contributed by atoms with Crippen LogP contribution in [-0.2, 0) is 7.05 Å². The van der Waals surface area contributed by atoms with Crippen molar-refractivity contribution >= 4 is 16.5 Å². The van der Waals surface area contributed by atoms with Gasteiger partial charge in [0.25, 0.3) is 0 Å². The maximum atomic E-state index is 9.91. The average Bonchev–Trinajstić information content (AvgIpc) is 2.86. The Balaban J connectivity index is 1.99. The van der Waals surface area contributed by atoms with Crippen LogP contribution in [0.1, 0.15) is 18.8 Å². The van der Waals surface area contributed by atoms with Gasteiger partial charge in [-0.25, -0.2) is 4.98 Å². The minimum atomic E-state index is 0.0861. The number of benzene rings is 2. The number of aromatic hydroxyl groups is 1. The van der Waals surface area contributed by atoms with E-state index < -0.39 is 0 Å². The van der Waals surface area contributed by atoms with Gasteiger partial charge in [0.05, 0.1) is 6.04 Å². The molecule has 3 rings (SSSR count). The number of hydrogen-bond acceptors (Lipinski definition) is 3. The summed E-state index contributed by atoms with van der Waals surface area (Å²) in [7, 11) is 1.98. The van der Waals surface area contributed by atoms with Crippen molar-refractivity contribution < 1.29 is 5.11 Å². The molecule has 0 saturated heterocycles. The molecule has 0 aliphatic carbocycles. The summed E-state index contributed by atoms with van der Waals surface area (Å²) in [5, 5.41) is 15.2. The number of hydrogen-bond donors (Lipinski definition) is 2. The van der Waals surface area contributed by atoms with E-state index in [1.165, 1.54) is 0 Å². The number of nitrogens with one attached hydrogen (secondary N) is 1. The van der Waals surface area contributed by atoms with Crippen LogP contribution in [0.3, 0.4) is 0 Å². The molecule has 0 aliphatic rings. The van der Waals surface area contributed by atoms with Crippen molar-refractivity contribution in [3.05, 3.63) is 54.6 Å². The molecule has 1 unspecified atom stereocenters. The number of fused-ring (bicyclic) bond motifs is 1. The lowest BCUT2D eigenvalue weighted by Gasteiger charge is -2.17. The fourth-order valence-corrected chi connectivity index (χ4v) is 2.51. The van der Waals surface area contributed by atoms with Gasteiger partial charge in [-0.15, -0.1) is 0 Å². The molecule has 0 amide bonds. The number of rotatable bonds is 3. The quantitative estimate of drug-likeness (QED) is 0.764. The van der Waals surface area contributed by atoms with Crippen LogP contribution in [0.25, 0.3) is 10.8 Å². The first-order valence-electron chi connectivity index (χ1n) is 6.61. The normalized spacial score (nSPS) is 12.5. The zero-order chi connectivity index (χ0) is 14.1. The summed E-state index contributed by atoms with van der Waals surface area (Å²) in [5.74, 6) is 1.28. The highest BCUT2D eigenvalue weighted by Crippen LogP contribution is 2.31. The molecule has 20 heavy (non-hydrogen) atoms. The molecule has 0 bridgehead atoms. The second-order valence-electron chi connectivity index (χ2n) is 4.94. The van der Waals surface area contributed by atoms with Crippen LogP contribution in [0.5, 0.6) is 5.75 Å². The number of anilines is 1. The molecule has 0 fully saturated rings. The third-order valence-electron chi connectivity index (χ3n) is 3.52. The summed E-state index contributed by atoms with van der Waals surface area (Å²) in [6.07, 6.45) is 3.73. The van der Waals surface area contributed by atoms with E-state index in [9.17, 15) is 5.11 Å². The van der Waals surface area contributed by atoms with Crippen LogP contribution in [0, 0.1) is 0 Å². The van der Waals surface area contributed by atoms with Gasteiger partial charge in [-0.3, -0.25) is 0 Å². The topological polar surface area (TPSA) is 50.1 Å². The van der Waals surface area contributed by atoms with Gasteiger partial charge in [-0.2, -0.15) is 0 Å². The average molecular weight is 267 g/mol. The fraction of sp³-hybridized carbons (Fsp3) is 0.188. The van der Waals surface area contributed by atoms with Crippen molar-refractivity contribution in [3.8, 4) is 5.75 Å².